The third-order valence-corrected chi connectivity index (χ3v) is 3.26. The van der Waals surface area contributed by atoms with Crippen LogP contribution in [-0.2, 0) is 16.1 Å². The number of aromatic nitrogens is 1. The maximum absolute atomic E-state index is 11.1. The molecule has 0 bridgehead atoms. The van der Waals surface area contributed by atoms with Gasteiger partial charge in [0.05, 0.1) is 7.11 Å². The molecule has 0 aliphatic rings. The summed E-state index contributed by atoms with van der Waals surface area (Å²) in [4.78, 5) is 21.7. The largest absolute Gasteiger partial charge is 1.00 e. The molecule has 4 nitrogen and oxygen atoms in total. The molecule has 0 aliphatic carbocycles. The molecule has 1 aromatic heterocycles. The highest BCUT2D eigenvalue weighted by Gasteiger charge is 2.05. The van der Waals surface area contributed by atoms with Crippen molar-refractivity contribution in [2.45, 2.75) is 13.0 Å². The molecular weight excluding hydrogens is 358 g/mol. The summed E-state index contributed by atoms with van der Waals surface area (Å²) in [7, 11) is 1.39. The number of halogens is 1. The first-order valence-corrected chi connectivity index (χ1v) is 7.00. The molecular formula is C18H18BrNO3. The van der Waals surface area contributed by atoms with E-state index in [4.69, 9.17) is 0 Å². The molecule has 0 unspecified atom stereocenters. The SMILES string of the molecule is COC(=O)CC[n+]1ccc(C=Cc2ccc(C=O)cc2)cc1.[Br-]. The fourth-order valence-corrected chi connectivity index (χ4v) is 1.93. The van der Waals surface area contributed by atoms with Gasteiger partial charge in [0.2, 0.25) is 0 Å². The number of aldehydes is 1. The van der Waals surface area contributed by atoms with Crippen molar-refractivity contribution < 1.29 is 35.9 Å². The Kier molecular flexibility index (Phi) is 7.91. The maximum Gasteiger partial charge on any atom is 0.311 e. The minimum absolute atomic E-state index is 0. The van der Waals surface area contributed by atoms with Gasteiger partial charge in [0.25, 0.3) is 0 Å². The number of rotatable bonds is 6. The molecule has 5 heteroatoms. The zero-order chi connectivity index (χ0) is 15.8. The number of aryl methyl sites for hydroxylation is 1. The van der Waals surface area contributed by atoms with Gasteiger partial charge in [0, 0.05) is 17.7 Å². The van der Waals surface area contributed by atoms with Crippen molar-refractivity contribution in [2.24, 2.45) is 0 Å². The molecule has 0 saturated heterocycles. The first-order chi connectivity index (χ1) is 10.7. The minimum atomic E-state index is -0.213. The lowest BCUT2D eigenvalue weighted by Gasteiger charge is -1.98. The number of methoxy groups -OCH3 is 1. The Bertz CT molecular complexity index is 664. The first-order valence-electron chi connectivity index (χ1n) is 7.00. The van der Waals surface area contributed by atoms with Gasteiger partial charge in [-0.2, -0.15) is 0 Å². The van der Waals surface area contributed by atoms with E-state index in [0.29, 0.717) is 18.5 Å². The van der Waals surface area contributed by atoms with E-state index < -0.39 is 0 Å². The Labute approximate surface area is 146 Å². The van der Waals surface area contributed by atoms with Crippen molar-refractivity contribution in [3.05, 3.63) is 65.5 Å². The van der Waals surface area contributed by atoms with Crippen molar-refractivity contribution >= 4 is 24.4 Å². The number of nitrogens with zero attached hydrogens (tertiary/aromatic N) is 1. The number of carbonyl (C=O) groups is 2. The summed E-state index contributed by atoms with van der Waals surface area (Å²) in [5, 5.41) is 0. The number of hydrogen-bond donors (Lipinski definition) is 0. The number of hydrogen-bond acceptors (Lipinski definition) is 3. The second kappa shape index (κ2) is 9.69. The van der Waals surface area contributed by atoms with Crippen molar-refractivity contribution in [3.63, 3.8) is 0 Å². The standard InChI is InChI=1S/C18H18NO3.BrH/c1-22-18(21)10-13-19-11-8-16(9-12-19)3-2-15-4-6-17(14-20)7-5-15;/h2-9,11-12,14H,10,13H2,1H3;1H/q+1;/p-1. The van der Waals surface area contributed by atoms with Crippen LogP contribution in [0.4, 0.5) is 0 Å². The number of pyridine rings is 1. The van der Waals surface area contributed by atoms with Crippen LogP contribution < -0.4 is 21.5 Å². The molecule has 2 rings (SSSR count). The van der Waals surface area contributed by atoms with Gasteiger partial charge >= 0.3 is 5.97 Å². The molecule has 2 aromatic rings. The lowest BCUT2D eigenvalue weighted by atomic mass is 10.1. The topological polar surface area (TPSA) is 47.2 Å². The Morgan fingerprint density at radius 2 is 1.52 bits per heavy atom. The molecule has 0 aliphatic heterocycles. The Morgan fingerprint density at radius 1 is 1.00 bits per heavy atom. The van der Waals surface area contributed by atoms with E-state index in [1.807, 2.05) is 53.4 Å². The van der Waals surface area contributed by atoms with Gasteiger partial charge in [0.1, 0.15) is 12.7 Å². The van der Waals surface area contributed by atoms with Crippen molar-refractivity contribution in [1.82, 2.24) is 0 Å². The summed E-state index contributed by atoms with van der Waals surface area (Å²) in [5.74, 6) is -0.213. The quantitative estimate of drug-likeness (QED) is 0.389. The van der Waals surface area contributed by atoms with E-state index in [2.05, 4.69) is 4.74 Å². The summed E-state index contributed by atoms with van der Waals surface area (Å²) >= 11 is 0. The highest BCUT2D eigenvalue weighted by molar-refractivity contribution is 5.76. The number of esters is 1. The molecule has 0 saturated carbocycles. The van der Waals surface area contributed by atoms with Crippen LogP contribution in [0.2, 0.25) is 0 Å². The first kappa shape index (κ1) is 18.8. The minimum Gasteiger partial charge on any atom is -1.00 e. The molecule has 0 radical (unpaired) electrons. The third kappa shape index (κ3) is 6.16. The average molecular weight is 376 g/mol. The van der Waals surface area contributed by atoms with Gasteiger partial charge < -0.3 is 21.7 Å². The highest BCUT2D eigenvalue weighted by Crippen LogP contribution is 2.08. The van der Waals surface area contributed by atoms with E-state index in [-0.39, 0.29) is 23.0 Å². The van der Waals surface area contributed by atoms with E-state index in [1.54, 1.807) is 12.1 Å². The Balaban J connectivity index is 0.00000264. The van der Waals surface area contributed by atoms with Crippen molar-refractivity contribution in [1.29, 1.82) is 0 Å². The molecule has 0 amide bonds. The molecule has 0 N–H and O–H groups in total. The van der Waals surface area contributed by atoms with Crippen LogP contribution in [0.5, 0.6) is 0 Å². The number of benzene rings is 1. The molecule has 23 heavy (non-hydrogen) atoms. The monoisotopic (exact) mass is 375 g/mol. The fraction of sp³-hybridized carbons (Fsp3) is 0.167. The summed E-state index contributed by atoms with van der Waals surface area (Å²) in [6, 6.07) is 11.3. The third-order valence-electron chi connectivity index (χ3n) is 3.26. The van der Waals surface area contributed by atoms with Crippen LogP contribution >= 0.6 is 0 Å². The Hall–Kier alpha value is -2.27. The highest BCUT2D eigenvalue weighted by atomic mass is 79.9. The maximum atomic E-state index is 11.1. The molecule has 1 heterocycles. The summed E-state index contributed by atoms with van der Waals surface area (Å²) in [6.07, 6.45) is 9.04. The van der Waals surface area contributed by atoms with Crippen LogP contribution in [0.1, 0.15) is 27.9 Å². The Morgan fingerprint density at radius 3 is 2.04 bits per heavy atom. The van der Waals surface area contributed by atoms with Crippen molar-refractivity contribution in [2.75, 3.05) is 7.11 Å². The van der Waals surface area contributed by atoms with Gasteiger partial charge in [-0.15, -0.1) is 0 Å². The van der Waals surface area contributed by atoms with Crippen LogP contribution in [0, 0.1) is 0 Å². The summed E-state index contributed by atoms with van der Waals surface area (Å²) in [5.41, 5.74) is 2.77. The van der Waals surface area contributed by atoms with Gasteiger partial charge in [-0.25, -0.2) is 4.57 Å². The second-order valence-corrected chi connectivity index (χ2v) is 4.81. The number of carbonyl (C=O) groups excluding carboxylic acids is 2. The molecule has 120 valence electrons. The van der Waals surface area contributed by atoms with Crippen LogP contribution in [0.25, 0.3) is 12.2 Å². The summed E-state index contributed by atoms with van der Waals surface area (Å²) < 4.78 is 6.55. The van der Waals surface area contributed by atoms with Crippen LogP contribution in [0.15, 0.2) is 48.8 Å². The van der Waals surface area contributed by atoms with E-state index in [9.17, 15) is 9.59 Å². The lowest BCUT2D eigenvalue weighted by molar-refractivity contribution is -0.696. The molecule has 0 fully saturated rings. The number of ether oxygens (including phenoxy) is 1. The fourth-order valence-electron chi connectivity index (χ4n) is 1.93. The lowest BCUT2D eigenvalue weighted by Crippen LogP contribution is -3.00. The van der Waals surface area contributed by atoms with Gasteiger partial charge in [-0.1, -0.05) is 36.4 Å². The molecule has 0 atom stereocenters. The zero-order valence-corrected chi connectivity index (χ0v) is 14.4. The summed E-state index contributed by atoms with van der Waals surface area (Å²) in [6.45, 7) is 0.601. The van der Waals surface area contributed by atoms with Gasteiger partial charge in [-0.05, 0) is 11.1 Å². The smallest absolute Gasteiger partial charge is 0.311 e. The van der Waals surface area contributed by atoms with E-state index >= 15 is 0 Å². The van der Waals surface area contributed by atoms with Gasteiger partial charge in [-0.3, -0.25) is 9.59 Å². The van der Waals surface area contributed by atoms with Crippen LogP contribution in [-0.4, -0.2) is 19.4 Å². The van der Waals surface area contributed by atoms with E-state index in [0.717, 1.165) is 17.4 Å². The van der Waals surface area contributed by atoms with Crippen LogP contribution in [0.3, 0.4) is 0 Å². The second-order valence-electron chi connectivity index (χ2n) is 4.81. The normalized spacial score (nSPS) is 10.1. The predicted octanol–water partition coefficient (Wildman–Crippen LogP) is -0.476. The molecule has 1 aromatic carbocycles. The zero-order valence-electron chi connectivity index (χ0n) is 12.8. The predicted molar refractivity (Wildman–Crippen MR) is 84.0 cm³/mol. The molecule has 0 spiro atoms. The average Bonchev–Trinajstić information content (AvgIpc) is 2.59. The van der Waals surface area contributed by atoms with Crippen molar-refractivity contribution in [3.8, 4) is 0 Å². The van der Waals surface area contributed by atoms with E-state index in [1.165, 1.54) is 7.11 Å². The van der Waals surface area contributed by atoms with Gasteiger partial charge in [0.15, 0.2) is 18.9 Å².